The zero-order valence-corrected chi connectivity index (χ0v) is 11.1. The summed E-state index contributed by atoms with van der Waals surface area (Å²) in [5, 5.41) is 5.63. The van der Waals surface area contributed by atoms with Crippen LogP contribution in [-0.2, 0) is 6.54 Å². The van der Waals surface area contributed by atoms with Gasteiger partial charge in [-0.25, -0.2) is 4.79 Å². The largest absolute Gasteiger partial charge is 0.349 e. The highest BCUT2D eigenvalue weighted by atomic mass is 16.2. The Labute approximate surface area is 112 Å². The summed E-state index contributed by atoms with van der Waals surface area (Å²) in [6.45, 7) is 0.307. The third-order valence-electron chi connectivity index (χ3n) is 2.82. The van der Waals surface area contributed by atoms with Crippen LogP contribution < -0.4 is 10.6 Å². The molecule has 0 unspecified atom stereocenters. The molecule has 1 aromatic rings. The minimum atomic E-state index is -0.186. The van der Waals surface area contributed by atoms with Gasteiger partial charge in [-0.1, -0.05) is 0 Å². The lowest BCUT2D eigenvalue weighted by Crippen LogP contribution is -2.34. The molecule has 1 saturated carbocycles. The number of rotatable bonds is 4. The van der Waals surface area contributed by atoms with Crippen LogP contribution in [0.4, 0.5) is 4.79 Å². The topological polar surface area (TPSA) is 74.3 Å². The minimum Gasteiger partial charge on any atom is -0.349 e. The molecule has 0 bridgehead atoms. The number of nitrogens with one attached hydrogen (secondary N) is 2. The Kier molecular flexibility index (Phi) is 3.99. The van der Waals surface area contributed by atoms with Gasteiger partial charge in [-0.2, -0.15) is 0 Å². The van der Waals surface area contributed by atoms with E-state index in [1.165, 1.54) is 4.90 Å². The number of aromatic nitrogens is 1. The average Bonchev–Trinajstić information content (AvgIpc) is 3.20. The Morgan fingerprint density at radius 1 is 1.42 bits per heavy atom. The fraction of sp³-hybridized carbons (Fsp3) is 0.462. The number of nitrogens with zero attached hydrogens (tertiary/aromatic N) is 2. The summed E-state index contributed by atoms with van der Waals surface area (Å²) in [5.41, 5.74) is 1.25. The lowest BCUT2D eigenvalue weighted by Gasteiger charge is -2.11. The van der Waals surface area contributed by atoms with Crippen LogP contribution in [0.1, 0.15) is 28.9 Å². The Hall–Kier alpha value is -2.11. The Bertz CT molecular complexity index is 483. The van der Waals surface area contributed by atoms with Crippen LogP contribution in [-0.4, -0.2) is 42.0 Å². The van der Waals surface area contributed by atoms with Crippen molar-refractivity contribution in [2.75, 3.05) is 14.1 Å². The van der Waals surface area contributed by atoms with Gasteiger partial charge in [0, 0.05) is 31.9 Å². The summed E-state index contributed by atoms with van der Waals surface area (Å²) in [5.74, 6) is -0.0786. The lowest BCUT2D eigenvalue weighted by atomic mass is 10.2. The number of hydrogen-bond acceptors (Lipinski definition) is 3. The smallest absolute Gasteiger partial charge is 0.317 e. The first kappa shape index (κ1) is 13.3. The molecule has 6 heteroatoms. The second kappa shape index (κ2) is 5.69. The van der Waals surface area contributed by atoms with Crippen molar-refractivity contribution < 1.29 is 9.59 Å². The Morgan fingerprint density at radius 3 is 2.79 bits per heavy atom. The van der Waals surface area contributed by atoms with Crippen molar-refractivity contribution in [1.82, 2.24) is 20.5 Å². The van der Waals surface area contributed by atoms with Crippen LogP contribution in [0.3, 0.4) is 0 Å². The predicted molar refractivity (Wildman–Crippen MR) is 70.6 cm³/mol. The highest BCUT2D eigenvalue weighted by molar-refractivity contribution is 5.94. The number of carbonyl (C=O) groups is 2. The van der Waals surface area contributed by atoms with Gasteiger partial charge in [-0.3, -0.25) is 9.78 Å². The van der Waals surface area contributed by atoms with Crippen molar-refractivity contribution in [1.29, 1.82) is 0 Å². The molecule has 3 amide bonds. The van der Waals surface area contributed by atoms with Crippen molar-refractivity contribution in [3.05, 3.63) is 29.6 Å². The van der Waals surface area contributed by atoms with E-state index in [1.54, 1.807) is 32.4 Å². The van der Waals surface area contributed by atoms with E-state index in [2.05, 4.69) is 15.6 Å². The third kappa shape index (κ3) is 3.94. The van der Waals surface area contributed by atoms with Gasteiger partial charge in [0.05, 0.1) is 12.2 Å². The number of pyridine rings is 1. The fourth-order valence-corrected chi connectivity index (χ4v) is 1.54. The maximum Gasteiger partial charge on any atom is 0.317 e. The lowest BCUT2D eigenvalue weighted by molar-refractivity contribution is 0.0951. The molecule has 1 aromatic heterocycles. The molecule has 1 heterocycles. The zero-order valence-electron chi connectivity index (χ0n) is 11.1. The summed E-state index contributed by atoms with van der Waals surface area (Å²) in [7, 11) is 3.34. The van der Waals surface area contributed by atoms with Crippen molar-refractivity contribution in [2.24, 2.45) is 0 Å². The maximum atomic E-state index is 11.9. The van der Waals surface area contributed by atoms with E-state index < -0.39 is 0 Å². The first-order valence-electron chi connectivity index (χ1n) is 6.27. The van der Waals surface area contributed by atoms with Gasteiger partial charge in [0.2, 0.25) is 0 Å². The van der Waals surface area contributed by atoms with Gasteiger partial charge >= 0.3 is 6.03 Å². The van der Waals surface area contributed by atoms with Crippen LogP contribution >= 0.6 is 0 Å². The highest BCUT2D eigenvalue weighted by Gasteiger charge is 2.23. The normalized spacial score (nSPS) is 13.8. The number of amides is 3. The molecular formula is C13H18N4O2. The molecular weight excluding hydrogens is 244 g/mol. The number of hydrogen-bond donors (Lipinski definition) is 2. The van der Waals surface area contributed by atoms with Crippen LogP contribution in [0.5, 0.6) is 0 Å². The zero-order chi connectivity index (χ0) is 13.8. The summed E-state index contributed by atoms with van der Waals surface area (Å²) in [4.78, 5) is 28.8. The summed E-state index contributed by atoms with van der Waals surface area (Å²) in [6.07, 6.45) is 3.70. The molecule has 0 atom stereocenters. The van der Waals surface area contributed by atoms with E-state index in [0.717, 1.165) is 12.8 Å². The highest BCUT2D eigenvalue weighted by Crippen LogP contribution is 2.19. The summed E-state index contributed by atoms with van der Waals surface area (Å²) in [6, 6.07) is 3.52. The molecule has 0 aliphatic heterocycles. The second-order valence-corrected chi connectivity index (χ2v) is 4.84. The molecule has 1 aliphatic carbocycles. The molecule has 0 aromatic carbocycles. The molecule has 1 fully saturated rings. The second-order valence-electron chi connectivity index (χ2n) is 4.84. The van der Waals surface area contributed by atoms with Gasteiger partial charge in [0.25, 0.3) is 5.91 Å². The van der Waals surface area contributed by atoms with E-state index in [-0.39, 0.29) is 11.9 Å². The molecule has 6 nitrogen and oxygen atoms in total. The quantitative estimate of drug-likeness (QED) is 0.840. The minimum absolute atomic E-state index is 0.0786. The van der Waals surface area contributed by atoms with E-state index in [1.807, 2.05) is 0 Å². The van der Waals surface area contributed by atoms with Crippen molar-refractivity contribution in [3.63, 3.8) is 0 Å². The number of urea groups is 1. The Balaban J connectivity index is 1.94. The Morgan fingerprint density at radius 2 is 2.16 bits per heavy atom. The van der Waals surface area contributed by atoms with Crippen LogP contribution in [0.15, 0.2) is 18.3 Å². The van der Waals surface area contributed by atoms with Crippen molar-refractivity contribution in [2.45, 2.75) is 25.4 Å². The molecule has 102 valence electrons. The molecule has 2 rings (SSSR count). The molecule has 0 saturated heterocycles. The van der Waals surface area contributed by atoms with Gasteiger partial charge < -0.3 is 15.5 Å². The van der Waals surface area contributed by atoms with Crippen LogP contribution in [0.2, 0.25) is 0 Å². The van der Waals surface area contributed by atoms with Crippen LogP contribution in [0.25, 0.3) is 0 Å². The van der Waals surface area contributed by atoms with Gasteiger partial charge in [-0.15, -0.1) is 0 Å². The standard InChI is InChI=1S/C13H18N4O2/c1-17(2)13(19)15-8-11-7-9(5-6-14-11)12(18)16-10-3-4-10/h5-7,10H,3-4,8H2,1-2H3,(H,15,19)(H,16,18). The molecule has 1 aliphatic rings. The third-order valence-corrected chi connectivity index (χ3v) is 2.82. The van der Waals surface area contributed by atoms with E-state index >= 15 is 0 Å². The first-order chi connectivity index (χ1) is 9.06. The fourth-order valence-electron chi connectivity index (χ4n) is 1.54. The van der Waals surface area contributed by atoms with Gasteiger partial charge in [0.1, 0.15) is 0 Å². The van der Waals surface area contributed by atoms with E-state index in [0.29, 0.717) is 23.8 Å². The number of carbonyl (C=O) groups excluding carboxylic acids is 2. The predicted octanol–water partition coefficient (Wildman–Crippen LogP) is 0.745. The molecule has 0 spiro atoms. The van der Waals surface area contributed by atoms with Crippen LogP contribution in [0, 0.1) is 0 Å². The van der Waals surface area contributed by atoms with Gasteiger partial charge in [-0.05, 0) is 25.0 Å². The summed E-state index contributed by atoms with van der Waals surface area (Å²) < 4.78 is 0. The van der Waals surface area contributed by atoms with Crippen molar-refractivity contribution >= 4 is 11.9 Å². The molecule has 19 heavy (non-hydrogen) atoms. The monoisotopic (exact) mass is 262 g/mol. The van der Waals surface area contributed by atoms with Crippen molar-refractivity contribution in [3.8, 4) is 0 Å². The SMILES string of the molecule is CN(C)C(=O)NCc1cc(C(=O)NC2CC2)ccn1. The van der Waals surface area contributed by atoms with Gasteiger partial charge in [0.15, 0.2) is 0 Å². The maximum absolute atomic E-state index is 11.9. The first-order valence-corrected chi connectivity index (χ1v) is 6.27. The molecule has 0 radical (unpaired) electrons. The molecule has 2 N–H and O–H groups in total. The average molecular weight is 262 g/mol. The van der Waals surface area contributed by atoms with E-state index in [4.69, 9.17) is 0 Å². The van der Waals surface area contributed by atoms with E-state index in [9.17, 15) is 9.59 Å². The summed E-state index contributed by atoms with van der Waals surface area (Å²) >= 11 is 0.